The molecule has 0 radical (unpaired) electrons. The summed E-state index contributed by atoms with van der Waals surface area (Å²) in [5, 5.41) is 14.7. The Morgan fingerprint density at radius 2 is 1.43 bits per heavy atom. The van der Waals surface area contributed by atoms with E-state index in [1.54, 1.807) is 24.3 Å². The molecule has 3 rings (SSSR count). The maximum Gasteiger partial charge on any atom is 0.323 e. The van der Waals surface area contributed by atoms with Crippen LogP contribution < -0.4 is 10.6 Å². The monoisotopic (exact) mass is 308 g/mol. The topological polar surface area (TPSA) is 87.1 Å². The van der Waals surface area contributed by atoms with Crippen molar-refractivity contribution in [3.63, 3.8) is 0 Å². The number of urea groups is 1. The SMILES string of the molecule is Cc1nc2ccc(NC(=O)Nc3ccc(O)cc3)cc2nc1C. The number of amides is 2. The van der Waals surface area contributed by atoms with Crippen LogP contribution in [0.5, 0.6) is 5.75 Å². The molecule has 116 valence electrons. The fraction of sp³-hybridized carbons (Fsp3) is 0.118. The van der Waals surface area contributed by atoms with Crippen molar-refractivity contribution < 1.29 is 9.90 Å². The van der Waals surface area contributed by atoms with Gasteiger partial charge in [-0.1, -0.05) is 0 Å². The molecule has 6 nitrogen and oxygen atoms in total. The maximum atomic E-state index is 12.0. The predicted molar refractivity (Wildman–Crippen MR) is 89.8 cm³/mol. The summed E-state index contributed by atoms with van der Waals surface area (Å²) in [7, 11) is 0. The number of carbonyl (C=O) groups excluding carboxylic acids is 1. The maximum absolute atomic E-state index is 12.0. The van der Waals surface area contributed by atoms with Gasteiger partial charge in [0.05, 0.1) is 22.4 Å². The number of hydrogen-bond acceptors (Lipinski definition) is 4. The molecular formula is C17H16N4O2. The molecule has 0 atom stereocenters. The van der Waals surface area contributed by atoms with Crippen LogP contribution in [-0.2, 0) is 0 Å². The first-order valence-corrected chi connectivity index (χ1v) is 7.13. The third-order valence-corrected chi connectivity index (χ3v) is 3.46. The average Bonchev–Trinajstić information content (AvgIpc) is 2.51. The number of phenols is 1. The van der Waals surface area contributed by atoms with E-state index in [0.29, 0.717) is 11.4 Å². The first-order chi connectivity index (χ1) is 11.0. The molecule has 23 heavy (non-hydrogen) atoms. The third kappa shape index (κ3) is 3.37. The summed E-state index contributed by atoms with van der Waals surface area (Å²) in [6, 6.07) is 11.3. The van der Waals surface area contributed by atoms with Crippen LogP contribution in [0, 0.1) is 13.8 Å². The lowest BCUT2D eigenvalue weighted by atomic mass is 10.2. The molecule has 1 heterocycles. The molecule has 0 saturated carbocycles. The lowest BCUT2D eigenvalue weighted by Gasteiger charge is -2.09. The van der Waals surface area contributed by atoms with Crippen molar-refractivity contribution in [3.8, 4) is 5.75 Å². The molecule has 3 aromatic rings. The van der Waals surface area contributed by atoms with Gasteiger partial charge in [0.1, 0.15) is 5.75 Å². The summed E-state index contributed by atoms with van der Waals surface area (Å²) >= 11 is 0. The predicted octanol–water partition coefficient (Wildman–Crippen LogP) is 3.60. The summed E-state index contributed by atoms with van der Waals surface area (Å²) in [6.45, 7) is 3.82. The smallest absolute Gasteiger partial charge is 0.323 e. The number of nitrogens with one attached hydrogen (secondary N) is 2. The van der Waals surface area contributed by atoms with E-state index >= 15 is 0 Å². The quantitative estimate of drug-likeness (QED) is 0.631. The van der Waals surface area contributed by atoms with Gasteiger partial charge in [-0.3, -0.25) is 0 Å². The Balaban J connectivity index is 1.76. The summed E-state index contributed by atoms with van der Waals surface area (Å²) in [4.78, 5) is 20.9. The van der Waals surface area contributed by atoms with Crippen LogP contribution >= 0.6 is 0 Å². The zero-order valence-electron chi connectivity index (χ0n) is 12.8. The molecular weight excluding hydrogens is 292 g/mol. The number of rotatable bonds is 2. The van der Waals surface area contributed by atoms with Gasteiger partial charge in [-0.25, -0.2) is 14.8 Å². The van der Waals surface area contributed by atoms with E-state index in [2.05, 4.69) is 20.6 Å². The van der Waals surface area contributed by atoms with Gasteiger partial charge >= 0.3 is 6.03 Å². The first-order valence-electron chi connectivity index (χ1n) is 7.13. The number of anilines is 2. The minimum atomic E-state index is -0.369. The fourth-order valence-electron chi connectivity index (χ4n) is 2.15. The van der Waals surface area contributed by atoms with Crippen LogP contribution in [-0.4, -0.2) is 21.1 Å². The molecule has 0 unspecified atom stereocenters. The number of benzene rings is 2. The lowest BCUT2D eigenvalue weighted by molar-refractivity contribution is 0.262. The minimum Gasteiger partial charge on any atom is -0.508 e. The highest BCUT2D eigenvalue weighted by Gasteiger charge is 2.06. The van der Waals surface area contributed by atoms with Crippen molar-refractivity contribution in [2.45, 2.75) is 13.8 Å². The number of fused-ring (bicyclic) bond motifs is 1. The largest absolute Gasteiger partial charge is 0.508 e. The van der Waals surface area contributed by atoms with E-state index in [1.807, 2.05) is 19.9 Å². The van der Waals surface area contributed by atoms with Gasteiger partial charge in [-0.05, 0) is 56.3 Å². The number of hydrogen-bond donors (Lipinski definition) is 3. The molecule has 0 aliphatic rings. The number of aromatic hydroxyl groups is 1. The molecule has 0 fully saturated rings. The Hall–Kier alpha value is -3.15. The molecule has 2 aromatic carbocycles. The number of aromatic nitrogens is 2. The molecule has 0 aliphatic heterocycles. The molecule has 0 spiro atoms. The van der Waals surface area contributed by atoms with Crippen LogP contribution in [0.4, 0.5) is 16.2 Å². The van der Waals surface area contributed by atoms with E-state index in [-0.39, 0.29) is 11.8 Å². The van der Waals surface area contributed by atoms with Crippen molar-refractivity contribution in [2.75, 3.05) is 10.6 Å². The zero-order valence-corrected chi connectivity index (χ0v) is 12.8. The standard InChI is InChI=1S/C17H16N4O2/c1-10-11(2)19-16-9-13(5-8-15(16)18-10)21-17(23)20-12-3-6-14(22)7-4-12/h3-9,22H,1-2H3,(H2,20,21,23). The van der Waals surface area contributed by atoms with Gasteiger partial charge < -0.3 is 15.7 Å². The van der Waals surface area contributed by atoms with Gasteiger partial charge in [-0.2, -0.15) is 0 Å². The third-order valence-electron chi connectivity index (χ3n) is 3.46. The second kappa shape index (κ2) is 5.92. The summed E-state index contributed by atoms with van der Waals surface area (Å²) in [5.41, 5.74) is 4.50. The minimum absolute atomic E-state index is 0.148. The second-order valence-corrected chi connectivity index (χ2v) is 5.22. The van der Waals surface area contributed by atoms with Crippen LogP contribution in [0.25, 0.3) is 11.0 Å². The van der Waals surface area contributed by atoms with E-state index in [9.17, 15) is 9.90 Å². The Morgan fingerprint density at radius 1 is 0.870 bits per heavy atom. The van der Waals surface area contributed by atoms with Gasteiger partial charge in [0.2, 0.25) is 0 Å². The molecule has 0 saturated heterocycles. The normalized spacial score (nSPS) is 10.5. The molecule has 1 aromatic heterocycles. The Bertz CT molecular complexity index is 876. The summed E-state index contributed by atoms with van der Waals surface area (Å²) in [5.74, 6) is 0.148. The first kappa shape index (κ1) is 14.8. The number of phenolic OH excluding ortho intramolecular Hbond substituents is 1. The number of carbonyl (C=O) groups is 1. The Labute approximate surface area is 133 Å². The summed E-state index contributed by atoms with van der Waals surface area (Å²) < 4.78 is 0. The van der Waals surface area contributed by atoms with Crippen molar-refractivity contribution >= 4 is 28.4 Å². The fourth-order valence-corrected chi connectivity index (χ4v) is 2.15. The van der Waals surface area contributed by atoms with E-state index < -0.39 is 0 Å². The summed E-state index contributed by atoms with van der Waals surface area (Å²) in [6.07, 6.45) is 0. The molecule has 2 amide bonds. The number of aryl methyl sites for hydroxylation is 2. The van der Waals surface area contributed by atoms with Crippen LogP contribution in [0.2, 0.25) is 0 Å². The van der Waals surface area contributed by atoms with Gasteiger partial charge in [0, 0.05) is 11.4 Å². The Kier molecular flexibility index (Phi) is 3.80. The highest BCUT2D eigenvalue weighted by molar-refractivity contribution is 6.00. The molecule has 3 N–H and O–H groups in total. The second-order valence-electron chi connectivity index (χ2n) is 5.22. The van der Waals surface area contributed by atoms with Crippen LogP contribution in [0.1, 0.15) is 11.4 Å². The van der Waals surface area contributed by atoms with E-state index in [4.69, 9.17) is 0 Å². The Morgan fingerprint density at radius 3 is 2.13 bits per heavy atom. The highest BCUT2D eigenvalue weighted by Crippen LogP contribution is 2.18. The highest BCUT2D eigenvalue weighted by atomic mass is 16.3. The van der Waals surface area contributed by atoms with E-state index in [1.165, 1.54) is 12.1 Å². The average molecular weight is 308 g/mol. The van der Waals surface area contributed by atoms with Crippen molar-refractivity contribution in [2.24, 2.45) is 0 Å². The zero-order chi connectivity index (χ0) is 16.4. The van der Waals surface area contributed by atoms with Gasteiger partial charge in [0.15, 0.2) is 0 Å². The lowest BCUT2D eigenvalue weighted by Crippen LogP contribution is -2.19. The molecule has 6 heteroatoms. The van der Waals surface area contributed by atoms with Gasteiger partial charge in [-0.15, -0.1) is 0 Å². The van der Waals surface area contributed by atoms with Crippen LogP contribution in [0.3, 0.4) is 0 Å². The van der Waals surface area contributed by atoms with Crippen molar-refractivity contribution in [3.05, 3.63) is 53.9 Å². The van der Waals surface area contributed by atoms with Gasteiger partial charge in [0.25, 0.3) is 0 Å². The van der Waals surface area contributed by atoms with E-state index in [0.717, 1.165) is 22.4 Å². The van der Waals surface area contributed by atoms with Crippen molar-refractivity contribution in [1.29, 1.82) is 0 Å². The molecule has 0 bridgehead atoms. The number of nitrogens with zero attached hydrogens (tertiary/aromatic N) is 2. The van der Waals surface area contributed by atoms with Crippen LogP contribution in [0.15, 0.2) is 42.5 Å². The van der Waals surface area contributed by atoms with Crippen molar-refractivity contribution in [1.82, 2.24) is 9.97 Å². The molecule has 0 aliphatic carbocycles.